The van der Waals surface area contributed by atoms with Gasteiger partial charge in [-0.2, -0.15) is 10.2 Å². The molecule has 0 amide bonds. The SMILES string of the molecule is CCCn1nc(C)c(N)c1NCc1ccn[nH]1. The molecular weight excluding hydrogens is 216 g/mol. The lowest BCUT2D eigenvalue weighted by molar-refractivity contribution is 0.602. The molecule has 0 bridgehead atoms. The molecule has 2 aromatic heterocycles. The first-order valence-corrected chi connectivity index (χ1v) is 5.77. The van der Waals surface area contributed by atoms with Crippen LogP contribution in [0.25, 0.3) is 0 Å². The minimum absolute atomic E-state index is 0.666. The number of aromatic amines is 1. The quantitative estimate of drug-likeness (QED) is 0.732. The first-order chi connectivity index (χ1) is 8.22. The molecule has 0 fully saturated rings. The van der Waals surface area contributed by atoms with E-state index < -0.39 is 0 Å². The Morgan fingerprint density at radius 3 is 3.00 bits per heavy atom. The van der Waals surface area contributed by atoms with Gasteiger partial charge in [0.1, 0.15) is 5.82 Å². The molecule has 0 aliphatic heterocycles. The number of anilines is 2. The Labute approximate surface area is 100 Å². The molecule has 6 nitrogen and oxygen atoms in total. The molecule has 92 valence electrons. The topological polar surface area (TPSA) is 84.6 Å². The van der Waals surface area contributed by atoms with Crippen LogP contribution in [-0.2, 0) is 13.1 Å². The third-order valence-electron chi connectivity index (χ3n) is 2.61. The van der Waals surface area contributed by atoms with E-state index >= 15 is 0 Å². The van der Waals surface area contributed by atoms with Crippen LogP contribution in [0.15, 0.2) is 12.3 Å². The summed E-state index contributed by atoms with van der Waals surface area (Å²) in [5, 5.41) is 14.5. The number of aromatic nitrogens is 4. The van der Waals surface area contributed by atoms with Gasteiger partial charge < -0.3 is 11.1 Å². The highest BCUT2D eigenvalue weighted by Crippen LogP contribution is 2.22. The third kappa shape index (κ3) is 2.41. The van der Waals surface area contributed by atoms with E-state index in [0.29, 0.717) is 6.54 Å². The van der Waals surface area contributed by atoms with Crippen LogP contribution in [0.3, 0.4) is 0 Å². The van der Waals surface area contributed by atoms with Crippen molar-refractivity contribution in [3.63, 3.8) is 0 Å². The van der Waals surface area contributed by atoms with Gasteiger partial charge in [0.25, 0.3) is 0 Å². The average Bonchev–Trinajstić information content (AvgIpc) is 2.89. The van der Waals surface area contributed by atoms with E-state index in [9.17, 15) is 0 Å². The molecule has 0 atom stereocenters. The number of nitrogens with two attached hydrogens (primary N) is 1. The summed E-state index contributed by atoms with van der Waals surface area (Å²) in [6, 6.07) is 1.93. The first kappa shape index (κ1) is 11.5. The van der Waals surface area contributed by atoms with E-state index in [-0.39, 0.29) is 0 Å². The summed E-state index contributed by atoms with van der Waals surface area (Å²) in [5.41, 5.74) is 8.61. The van der Waals surface area contributed by atoms with Crippen LogP contribution in [-0.4, -0.2) is 20.0 Å². The van der Waals surface area contributed by atoms with Crippen LogP contribution in [0.5, 0.6) is 0 Å². The number of rotatable bonds is 5. The molecule has 0 aliphatic rings. The highest BCUT2D eigenvalue weighted by molar-refractivity contribution is 5.64. The Kier molecular flexibility index (Phi) is 3.32. The van der Waals surface area contributed by atoms with E-state index in [1.54, 1.807) is 6.20 Å². The Morgan fingerprint density at radius 2 is 2.35 bits per heavy atom. The van der Waals surface area contributed by atoms with Crippen molar-refractivity contribution in [3.8, 4) is 0 Å². The van der Waals surface area contributed by atoms with Gasteiger partial charge in [-0.05, 0) is 19.4 Å². The summed E-state index contributed by atoms with van der Waals surface area (Å²) in [4.78, 5) is 0. The number of nitrogen functional groups attached to an aromatic ring is 1. The molecule has 0 aliphatic carbocycles. The molecule has 2 heterocycles. The summed E-state index contributed by atoms with van der Waals surface area (Å²) in [6.07, 6.45) is 2.76. The summed E-state index contributed by atoms with van der Waals surface area (Å²) in [7, 11) is 0. The molecule has 2 aromatic rings. The zero-order valence-electron chi connectivity index (χ0n) is 10.2. The van der Waals surface area contributed by atoms with E-state index in [4.69, 9.17) is 5.73 Å². The van der Waals surface area contributed by atoms with Gasteiger partial charge in [0.2, 0.25) is 0 Å². The van der Waals surface area contributed by atoms with Crippen LogP contribution in [0.1, 0.15) is 24.7 Å². The van der Waals surface area contributed by atoms with Crippen molar-refractivity contribution in [3.05, 3.63) is 23.7 Å². The van der Waals surface area contributed by atoms with E-state index in [1.807, 2.05) is 17.7 Å². The normalized spacial score (nSPS) is 10.7. The molecule has 17 heavy (non-hydrogen) atoms. The molecule has 0 aromatic carbocycles. The molecule has 2 rings (SSSR count). The number of nitrogens with one attached hydrogen (secondary N) is 2. The molecule has 0 saturated heterocycles. The van der Waals surface area contributed by atoms with Crippen LogP contribution in [0.2, 0.25) is 0 Å². The van der Waals surface area contributed by atoms with Gasteiger partial charge in [-0.15, -0.1) is 0 Å². The lowest BCUT2D eigenvalue weighted by Gasteiger charge is -2.08. The third-order valence-corrected chi connectivity index (χ3v) is 2.61. The van der Waals surface area contributed by atoms with Crippen molar-refractivity contribution in [2.24, 2.45) is 0 Å². The number of hydrogen-bond donors (Lipinski definition) is 3. The van der Waals surface area contributed by atoms with Crippen LogP contribution in [0.4, 0.5) is 11.5 Å². The predicted molar refractivity (Wildman–Crippen MR) is 67.6 cm³/mol. The summed E-state index contributed by atoms with van der Waals surface area (Å²) in [5.74, 6) is 0.888. The zero-order chi connectivity index (χ0) is 12.3. The highest BCUT2D eigenvalue weighted by atomic mass is 15.3. The zero-order valence-corrected chi connectivity index (χ0v) is 10.2. The molecule has 0 unspecified atom stereocenters. The van der Waals surface area contributed by atoms with Gasteiger partial charge in [-0.1, -0.05) is 6.92 Å². The van der Waals surface area contributed by atoms with E-state index in [1.165, 1.54) is 0 Å². The maximum atomic E-state index is 6.00. The fraction of sp³-hybridized carbons (Fsp3) is 0.455. The van der Waals surface area contributed by atoms with Gasteiger partial charge in [0.15, 0.2) is 0 Å². The monoisotopic (exact) mass is 234 g/mol. The first-order valence-electron chi connectivity index (χ1n) is 5.77. The maximum absolute atomic E-state index is 6.00. The largest absolute Gasteiger partial charge is 0.394 e. The smallest absolute Gasteiger partial charge is 0.148 e. The number of nitrogens with zero attached hydrogens (tertiary/aromatic N) is 3. The Morgan fingerprint density at radius 1 is 1.53 bits per heavy atom. The summed E-state index contributed by atoms with van der Waals surface area (Å²) >= 11 is 0. The maximum Gasteiger partial charge on any atom is 0.148 e. The van der Waals surface area contributed by atoms with Gasteiger partial charge in [-0.25, -0.2) is 4.68 Å². The van der Waals surface area contributed by atoms with Crippen molar-refractivity contribution in [2.45, 2.75) is 33.4 Å². The summed E-state index contributed by atoms with van der Waals surface area (Å²) < 4.78 is 1.92. The van der Waals surface area contributed by atoms with E-state index in [2.05, 4.69) is 27.5 Å². The fourth-order valence-electron chi connectivity index (χ4n) is 1.72. The molecular formula is C11H18N6. The van der Waals surface area contributed by atoms with Gasteiger partial charge in [0.05, 0.1) is 23.6 Å². The lowest BCUT2D eigenvalue weighted by Crippen LogP contribution is -2.09. The Bertz CT molecular complexity index is 470. The number of H-pyrrole nitrogens is 1. The van der Waals surface area contributed by atoms with Crippen LogP contribution >= 0.6 is 0 Å². The average molecular weight is 234 g/mol. The van der Waals surface area contributed by atoms with Gasteiger partial charge in [-0.3, -0.25) is 5.10 Å². The second-order valence-electron chi connectivity index (χ2n) is 4.01. The number of aryl methyl sites for hydroxylation is 2. The van der Waals surface area contributed by atoms with Crippen molar-refractivity contribution in [1.29, 1.82) is 0 Å². The molecule has 4 N–H and O–H groups in total. The fourth-order valence-corrected chi connectivity index (χ4v) is 1.72. The molecule has 0 spiro atoms. The standard InChI is InChI=1S/C11H18N6/c1-3-6-17-11(10(12)8(2)16-17)13-7-9-4-5-14-15-9/h4-5,13H,3,6-7,12H2,1-2H3,(H,14,15). The van der Waals surface area contributed by atoms with E-state index in [0.717, 1.165) is 35.9 Å². The second-order valence-corrected chi connectivity index (χ2v) is 4.01. The number of hydrogen-bond acceptors (Lipinski definition) is 4. The van der Waals surface area contributed by atoms with Crippen molar-refractivity contribution >= 4 is 11.5 Å². The van der Waals surface area contributed by atoms with Gasteiger partial charge in [0, 0.05) is 12.7 Å². The molecule has 0 saturated carbocycles. The highest BCUT2D eigenvalue weighted by Gasteiger charge is 2.11. The second kappa shape index (κ2) is 4.90. The van der Waals surface area contributed by atoms with Crippen molar-refractivity contribution in [1.82, 2.24) is 20.0 Å². The van der Waals surface area contributed by atoms with Crippen molar-refractivity contribution < 1.29 is 0 Å². The molecule has 6 heteroatoms. The minimum Gasteiger partial charge on any atom is -0.394 e. The van der Waals surface area contributed by atoms with Gasteiger partial charge >= 0.3 is 0 Å². The Hall–Kier alpha value is -1.98. The van der Waals surface area contributed by atoms with Crippen LogP contribution in [0, 0.1) is 6.92 Å². The summed E-state index contributed by atoms with van der Waals surface area (Å²) in [6.45, 7) is 5.57. The van der Waals surface area contributed by atoms with Crippen LogP contribution < -0.4 is 11.1 Å². The minimum atomic E-state index is 0.666. The Balaban J connectivity index is 2.13. The lowest BCUT2D eigenvalue weighted by atomic mass is 10.3. The van der Waals surface area contributed by atoms with Crippen molar-refractivity contribution in [2.75, 3.05) is 11.1 Å². The predicted octanol–water partition coefficient (Wildman–Crippen LogP) is 1.52. The molecule has 0 radical (unpaired) electrons.